The standard InChI is InChI=1S/C16H21.C8H13.Zr/c1-10(2)13-8-14-6-12(5)7-16(14)15(9-13)11(3)4;1-5-7(3)8(4)6-2;/h6-11H,1-5H3;5H,1-4H3;/q2*-1;+2/b;7-5+;. The van der Waals surface area contributed by atoms with Gasteiger partial charge in [-0.15, -0.1) is 42.3 Å². The maximum atomic E-state index is 3.06. The third-order valence-corrected chi connectivity index (χ3v) is 4.71. The predicted octanol–water partition coefficient (Wildman–Crippen LogP) is 7.83. The fourth-order valence-corrected chi connectivity index (χ4v) is 2.75. The second kappa shape index (κ2) is 11.0. The van der Waals surface area contributed by atoms with Crippen LogP contribution in [0.25, 0.3) is 10.8 Å². The van der Waals surface area contributed by atoms with Gasteiger partial charge in [0.2, 0.25) is 0 Å². The topological polar surface area (TPSA) is 0 Å². The van der Waals surface area contributed by atoms with Crippen LogP contribution < -0.4 is 0 Å². The molecule has 2 rings (SSSR count). The van der Waals surface area contributed by atoms with Crippen LogP contribution in [0, 0.1) is 13.0 Å². The van der Waals surface area contributed by atoms with Crippen molar-refractivity contribution in [3.63, 3.8) is 0 Å². The molecule has 0 radical (unpaired) electrons. The normalized spacial score (nSPS) is 12.3. The molecule has 2 aromatic rings. The van der Waals surface area contributed by atoms with Crippen LogP contribution in [-0.4, -0.2) is 0 Å². The smallest absolute Gasteiger partial charge is 0.275 e. The van der Waals surface area contributed by atoms with Gasteiger partial charge in [0.1, 0.15) is 0 Å². The van der Waals surface area contributed by atoms with Crippen molar-refractivity contribution in [1.82, 2.24) is 0 Å². The summed E-state index contributed by atoms with van der Waals surface area (Å²) in [5.74, 6) is 1.21. The number of hydrogen-bond acceptors (Lipinski definition) is 0. The minimum absolute atomic E-state index is 0. The first kappa shape index (κ1) is 24.2. The molecule has 25 heavy (non-hydrogen) atoms. The van der Waals surface area contributed by atoms with E-state index in [0.717, 1.165) is 0 Å². The zero-order valence-electron chi connectivity index (χ0n) is 17.5. The number of rotatable bonds is 3. The molecule has 0 spiro atoms. The number of fused-ring (bicyclic) bond motifs is 1. The summed E-state index contributed by atoms with van der Waals surface area (Å²) in [7, 11) is 0. The first-order valence-electron chi connectivity index (χ1n) is 9.06. The molecule has 2 aromatic carbocycles. The number of aryl methyl sites for hydroxylation is 1. The van der Waals surface area contributed by atoms with E-state index in [0.29, 0.717) is 11.8 Å². The fraction of sp³-hybridized carbons (Fsp3) is 0.458. The summed E-state index contributed by atoms with van der Waals surface area (Å²) < 4.78 is 0. The predicted molar refractivity (Wildman–Crippen MR) is 110 cm³/mol. The molecule has 134 valence electrons. The molecule has 0 heterocycles. The zero-order valence-corrected chi connectivity index (χ0v) is 20.0. The van der Waals surface area contributed by atoms with Gasteiger partial charge in [-0.25, -0.2) is 11.1 Å². The Morgan fingerprint density at radius 2 is 1.64 bits per heavy atom. The van der Waals surface area contributed by atoms with Gasteiger partial charge in [-0.1, -0.05) is 65.7 Å². The summed E-state index contributed by atoms with van der Waals surface area (Å²) >= 11 is 0. The van der Waals surface area contributed by atoms with Crippen LogP contribution in [0.1, 0.15) is 83.9 Å². The van der Waals surface area contributed by atoms with Crippen LogP contribution >= 0.6 is 0 Å². The van der Waals surface area contributed by atoms with Crippen LogP contribution in [0.5, 0.6) is 0 Å². The molecule has 0 saturated heterocycles. The van der Waals surface area contributed by atoms with Crippen LogP contribution in [0.15, 0.2) is 41.5 Å². The second-order valence-corrected chi connectivity index (χ2v) is 7.30. The molecule has 0 aliphatic rings. The summed E-state index contributed by atoms with van der Waals surface area (Å²) in [4.78, 5) is 0. The van der Waals surface area contributed by atoms with Crippen molar-refractivity contribution < 1.29 is 26.2 Å². The molecule has 0 amide bonds. The first-order chi connectivity index (χ1) is 11.2. The molecule has 0 atom stereocenters. The molecule has 0 nitrogen and oxygen atoms in total. The van der Waals surface area contributed by atoms with Crippen molar-refractivity contribution in [2.24, 2.45) is 0 Å². The fourth-order valence-electron chi connectivity index (χ4n) is 2.75. The Kier molecular flexibility index (Phi) is 10.7. The summed E-state index contributed by atoms with van der Waals surface area (Å²) in [6, 6.07) is 9.35. The van der Waals surface area contributed by atoms with Crippen LogP contribution in [0.4, 0.5) is 0 Å². The third kappa shape index (κ3) is 6.78. The molecule has 0 aliphatic carbocycles. The van der Waals surface area contributed by atoms with Crippen molar-refractivity contribution in [1.29, 1.82) is 0 Å². The van der Waals surface area contributed by atoms with Gasteiger partial charge in [0.05, 0.1) is 0 Å². The third-order valence-electron chi connectivity index (χ3n) is 4.71. The second-order valence-electron chi connectivity index (χ2n) is 7.30. The molecular weight excluding hydrogens is 379 g/mol. The Morgan fingerprint density at radius 1 is 1.04 bits per heavy atom. The average Bonchev–Trinajstić information content (AvgIpc) is 2.92. The summed E-state index contributed by atoms with van der Waals surface area (Å²) in [6.45, 7) is 19.4. The van der Waals surface area contributed by atoms with E-state index in [9.17, 15) is 0 Å². The van der Waals surface area contributed by atoms with E-state index >= 15 is 0 Å². The molecule has 0 bridgehead atoms. The number of allylic oxidation sites excluding steroid dienone is 4. The van der Waals surface area contributed by atoms with Gasteiger partial charge in [-0.3, -0.25) is 6.08 Å². The Hall–Kier alpha value is -0.807. The van der Waals surface area contributed by atoms with Gasteiger partial charge in [-0.05, 0) is 11.8 Å². The van der Waals surface area contributed by atoms with Gasteiger partial charge in [0, 0.05) is 0 Å². The Morgan fingerprint density at radius 3 is 2.04 bits per heavy atom. The van der Waals surface area contributed by atoms with Gasteiger partial charge in [-0.2, -0.15) is 12.1 Å². The van der Waals surface area contributed by atoms with Crippen LogP contribution in [0.3, 0.4) is 0 Å². The van der Waals surface area contributed by atoms with Crippen molar-refractivity contribution >= 4 is 10.8 Å². The largest absolute Gasteiger partial charge is 2.00 e. The Bertz CT molecular complexity index is 708. The average molecular weight is 414 g/mol. The maximum Gasteiger partial charge on any atom is 2.00 e. The maximum absolute atomic E-state index is 3.06. The number of benzene rings is 1. The monoisotopic (exact) mass is 412 g/mol. The molecule has 0 saturated carbocycles. The minimum Gasteiger partial charge on any atom is -0.275 e. The molecule has 0 fully saturated rings. The summed E-state index contributed by atoms with van der Waals surface area (Å²) in [5, 5.41) is 2.85. The summed E-state index contributed by atoms with van der Waals surface area (Å²) in [6.07, 6.45) is 5.15. The van der Waals surface area contributed by atoms with E-state index in [1.807, 2.05) is 13.8 Å². The van der Waals surface area contributed by atoms with Crippen molar-refractivity contribution in [3.8, 4) is 0 Å². The number of hydrogen-bond donors (Lipinski definition) is 0. The van der Waals surface area contributed by atoms with E-state index in [1.165, 1.54) is 38.6 Å². The molecule has 0 N–H and O–H groups in total. The molecule has 1 heteroatoms. The summed E-state index contributed by atoms with van der Waals surface area (Å²) in [5.41, 5.74) is 6.88. The van der Waals surface area contributed by atoms with Gasteiger partial charge in [0.15, 0.2) is 0 Å². The van der Waals surface area contributed by atoms with E-state index < -0.39 is 0 Å². The SMILES string of the molecule is C[C-]=C(C)/C(C)=C/C.Cc1cc2c(C(C)C)cc(C(C)C)cc2[cH-]1.[Zr+2]. The van der Waals surface area contributed by atoms with Crippen molar-refractivity contribution in [2.45, 2.75) is 74.1 Å². The zero-order chi connectivity index (χ0) is 18.4. The van der Waals surface area contributed by atoms with Crippen molar-refractivity contribution in [2.75, 3.05) is 0 Å². The van der Waals surface area contributed by atoms with E-state index in [-0.39, 0.29) is 26.2 Å². The van der Waals surface area contributed by atoms with E-state index in [2.05, 4.69) is 84.9 Å². The van der Waals surface area contributed by atoms with Gasteiger partial charge in [0.25, 0.3) is 0 Å². The Balaban J connectivity index is 0.000000552. The molecule has 0 aromatic heterocycles. The van der Waals surface area contributed by atoms with Crippen molar-refractivity contribution in [3.05, 3.63) is 64.3 Å². The first-order valence-corrected chi connectivity index (χ1v) is 9.06. The molecule has 0 unspecified atom stereocenters. The molecular formula is C24H34Zr. The van der Waals surface area contributed by atoms with E-state index in [1.54, 1.807) is 0 Å². The van der Waals surface area contributed by atoms with Gasteiger partial charge >= 0.3 is 26.2 Å². The molecule has 0 aliphatic heterocycles. The van der Waals surface area contributed by atoms with Gasteiger partial charge < -0.3 is 0 Å². The minimum atomic E-state index is 0. The van der Waals surface area contributed by atoms with Crippen LogP contribution in [0.2, 0.25) is 0 Å². The van der Waals surface area contributed by atoms with E-state index in [4.69, 9.17) is 0 Å². The van der Waals surface area contributed by atoms with Crippen LogP contribution in [-0.2, 0) is 26.2 Å². The Labute approximate surface area is 174 Å². The quantitative estimate of drug-likeness (QED) is 0.355.